The van der Waals surface area contributed by atoms with E-state index in [9.17, 15) is 13.2 Å². The second kappa shape index (κ2) is 10.5. The Labute approximate surface area is 178 Å². The van der Waals surface area contributed by atoms with Crippen LogP contribution in [0.15, 0.2) is 53.7 Å². The number of unbranched alkanes of at least 4 members (excludes halogenated alkanes) is 1. The Bertz CT molecular complexity index is 909. The third kappa shape index (κ3) is 6.53. The van der Waals surface area contributed by atoms with Gasteiger partial charge in [-0.3, -0.25) is 14.5 Å². The lowest BCUT2D eigenvalue weighted by atomic mass is 9.99. The zero-order valence-corrected chi connectivity index (χ0v) is 18.2. The van der Waals surface area contributed by atoms with Crippen molar-refractivity contribution in [3.8, 4) is 0 Å². The van der Waals surface area contributed by atoms with E-state index in [1.807, 2.05) is 0 Å². The summed E-state index contributed by atoms with van der Waals surface area (Å²) < 4.78 is 27.4. The number of hydrogen-bond donors (Lipinski definition) is 2. The van der Waals surface area contributed by atoms with Crippen LogP contribution in [0, 0.1) is 5.92 Å². The summed E-state index contributed by atoms with van der Waals surface area (Å²) in [4.78, 5) is 18.8. The zero-order chi connectivity index (χ0) is 21.4. The van der Waals surface area contributed by atoms with E-state index in [-0.39, 0.29) is 10.8 Å². The number of piperidine rings is 1. The van der Waals surface area contributed by atoms with Gasteiger partial charge < -0.3 is 10.2 Å². The molecule has 1 aliphatic heterocycles. The van der Waals surface area contributed by atoms with Crippen molar-refractivity contribution in [1.29, 1.82) is 0 Å². The molecule has 162 valence electrons. The van der Waals surface area contributed by atoms with Gasteiger partial charge in [-0.15, -0.1) is 0 Å². The number of hydrogen-bond acceptors (Lipinski definition) is 5. The van der Waals surface area contributed by atoms with E-state index in [1.165, 1.54) is 62.6 Å². The molecule has 0 radical (unpaired) electrons. The molecule has 7 nitrogen and oxygen atoms in total. The van der Waals surface area contributed by atoms with Crippen LogP contribution in [0.5, 0.6) is 0 Å². The minimum Gasteiger partial charge on any atom is -0.352 e. The van der Waals surface area contributed by atoms with Crippen LogP contribution in [0.1, 0.15) is 43.0 Å². The van der Waals surface area contributed by atoms with Crippen LogP contribution < -0.4 is 10.0 Å². The van der Waals surface area contributed by atoms with E-state index in [0.29, 0.717) is 17.8 Å². The molecule has 1 aromatic carbocycles. The van der Waals surface area contributed by atoms with Crippen LogP contribution in [0.3, 0.4) is 0 Å². The van der Waals surface area contributed by atoms with E-state index in [0.717, 1.165) is 25.3 Å². The molecule has 1 fully saturated rings. The number of sulfonamides is 1. The van der Waals surface area contributed by atoms with Crippen molar-refractivity contribution in [2.75, 3.05) is 30.9 Å². The number of rotatable bonds is 9. The van der Waals surface area contributed by atoms with Crippen LogP contribution in [-0.2, 0) is 10.0 Å². The van der Waals surface area contributed by atoms with Crippen molar-refractivity contribution in [2.45, 2.75) is 37.5 Å². The molecule has 0 atom stereocenters. The number of amides is 1. The first kappa shape index (κ1) is 22.2. The number of anilines is 1. The molecule has 1 saturated heterocycles. The smallest absolute Gasteiger partial charge is 0.261 e. The first-order valence-electron chi connectivity index (χ1n) is 10.5. The maximum atomic E-state index is 12.4. The van der Waals surface area contributed by atoms with Gasteiger partial charge in [-0.1, -0.05) is 6.92 Å². The molecule has 0 aliphatic carbocycles. The Balaban J connectivity index is 1.42. The molecular weight excluding hydrogens is 400 g/mol. The van der Waals surface area contributed by atoms with Gasteiger partial charge in [-0.25, -0.2) is 8.42 Å². The molecule has 0 unspecified atom stereocenters. The average molecular weight is 431 g/mol. The molecule has 1 aromatic heterocycles. The summed E-state index contributed by atoms with van der Waals surface area (Å²) in [6.45, 7) is 6.37. The van der Waals surface area contributed by atoms with Crippen molar-refractivity contribution in [1.82, 2.24) is 15.2 Å². The number of likely N-dealkylation sites (tertiary alicyclic amines) is 1. The van der Waals surface area contributed by atoms with Crippen LogP contribution in [0.2, 0.25) is 0 Å². The highest BCUT2D eigenvalue weighted by molar-refractivity contribution is 7.92. The SMILES string of the molecule is CC1CCN(CCCCNC(=O)c2ccc(S(=O)(=O)Nc3ccncc3)cc2)CC1. The molecule has 2 N–H and O–H groups in total. The van der Waals surface area contributed by atoms with Gasteiger partial charge in [-0.2, -0.15) is 0 Å². The van der Waals surface area contributed by atoms with E-state index in [4.69, 9.17) is 0 Å². The fraction of sp³-hybridized carbons (Fsp3) is 0.455. The summed E-state index contributed by atoms with van der Waals surface area (Å²) >= 11 is 0. The molecular formula is C22H30N4O3S. The minimum absolute atomic E-state index is 0.103. The molecule has 0 spiro atoms. The number of nitrogens with one attached hydrogen (secondary N) is 2. The van der Waals surface area contributed by atoms with Gasteiger partial charge in [0.25, 0.3) is 15.9 Å². The molecule has 1 amide bonds. The first-order chi connectivity index (χ1) is 14.4. The molecule has 2 heterocycles. The third-order valence-corrected chi connectivity index (χ3v) is 6.82. The van der Waals surface area contributed by atoms with Crippen molar-refractivity contribution >= 4 is 21.6 Å². The van der Waals surface area contributed by atoms with Crippen molar-refractivity contribution in [2.24, 2.45) is 5.92 Å². The Kier molecular flexibility index (Phi) is 7.81. The van der Waals surface area contributed by atoms with E-state index in [2.05, 4.69) is 26.8 Å². The van der Waals surface area contributed by atoms with Crippen molar-refractivity contribution in [3.63, 3.8) is 0 Å². The summed E-state index contributed by atoms with van der Waals surface area (Å²) in [5.41, 5.74) is 0.883. The topological polar surface area (TPSA) is 91.4 Å². The van der Waals surface area contributed by atoms with Gasteiger partial charge in [0.2, 0.25) is 0 Å². The number of pyridine rings is 1. The number of aromatic nitrogens is 1. The van der Waals surface area contributed by atoms with Gasteiger partial charge in [0, 0.05) is 24.5 Å². The summed E-state index contributed by atoms with van der Waals surface area (Å²) in [6, 6.07) is 9.10. The van der Waals surface area contributed by atoms with Gasteiger partial charge in [-0.05, 0) is 87.6 Å². The lowest BCUT2D eigenvalue weighted by Crippen LogP contribution is -2.34. The van der Waals surface area contributed by atoms with E-state index < -0.39 is 10.0 Å². The monoisotopic (exact) mass is 430 g/mol. The highest BCUT2D eigenvalue weighted by Gasteiger charge is 2.16. The summed E-state index contributed by atoms with van der Waals surface area (Å²) in [5.74, 6) is 0.654. The normalized spacial score (nSPS) is 15.6. The molecule has 8 heteroatoms. The minimum atomic E-state index is -3.71. The Hall–Kier alpha value is -2.45. The summed E-state index contributed by atoms with van der Waals surface area (Å²) in [6.07, 6.45) is 7.57. The molecule has 2 aromatic rings. The second-order valence-corrected chi connectivity index (χ2v) is 9.54. The van der Waals surface area contributed by atoms with Gasteiger partial charge in [0.05, 0.1) is 10.6 Å². The number of carbonyl (C=O) groups excluding carboxylic acids is 1. The van der Waals surface area contributed by atoms with E-state index in [1.54, 1.807) is 12.1 Å². The third-order valence-electron chi connectivity index (χ3n) is 5.42. The lowest BCUT2D eigenvalue weighted by molar-refractivity contribution is 0.0952. The van der Waals surface area contributed by atoms with Crippen LogP contribution in [-0.4, -0.2) is 50.4 Å². The number of nitrogens with zero attached hydrogens (tertiary/aromatic N) is 2. The van der Waals surface area contributed by atoms with Crippen LogP contribution >= 0.6 is 0 Å². The van der Waals surface area contributed by atoms with Gasteiger partial charge in [0.1, 0.15) is 0 Å². The Morgan fingerprint density at radius 1 is 1.07 bits per heavy atom. The number of carbonyl (C=O) groups is 1. The molecule has 3 rings (SSSR count). The maximum Gasteiger partial charge on any atom is 0.261 e. The Morgan fingerprint density at radius 3 is 2.40 bits per heavy atom. The number of benzene rings is 1. The predicted molar refractivity (Wildman–Crippen MR) is 118 cm³/mol. The Morgan fingerprint density at radius 2 is 1.73 bits per heavy atom. The zero-order valence-electron chi connectivity index (χ0n) is 17.4. The highest BCUT2D eigenvalue weighted by Crippen LogP contribution is 2.17. The van der Waals surface area contributed by atoms with Crippen LogP contribution in [0.4, 0.5) is 5.69 Å². The first-order valence-corrected chi connectivity index (χ1v) is 12.0. The fourth-order valence-electron chi connectivity index (χ4n) is 3.47. The second-order valence-electron chi connectivity index (χ2n) is 7.85. The fourth-order valence-corrected chi connectivity index (χ4v) is 4.53. The van der Waals surface area contributed by atoms with Gasteiger partial charge >= 0.3 is 0 Å². The average Bonchev–Trinajstić information content (AvgIpc) is 2.75. The quantitative estimate of drug-likeness (QED) is 0.597. The maximum absolute atomic E-state index is 12.4. The molecule has 30 heavy (non-hydrogen) atoms. The van der Waals surface area contributed by atoms with Gasteiger partial charge in [0.15, 0.2) is 0 Å². The largest absolute Gasteiger partial charge is 0.352 e. The molecule has 0 bridgehead atoms. The lowest BCUT2D eigenvalue weighted by Gasteiger charge is -2.30. The van der Waals surface area contributed by atoms with Crippen molar-refractivity contribution < 1.29 is 13.2 Å². The highest BCUT2D eigenvalue weighted by atomic mass is 32.2. The van der Waals surface area contributed by atoms with Crippen LogP contribution in [0.25, 0.3) is 0 Å². The van der Waals surface area contributed by atoms with Crippen molar-refractivity contribution in [3.05, 3.63) is 54.4 Å². The summed E-state index contributed by atoms with van der Waals surface area (Å²) in [7, 11) is -3.71. The predicted octanol–water partition coefficient (Wildman–Crippen LogP) is 3.12. The standard InChI is InChI=1S/C22H30N4O3S/c1-18-10-16-26(17-11-18)15-3-2-12-24-22(27)19-4-6-21(7-5-19)30(28,29)25-20-8-13-23-14-9-20/h4-9,13-14,18H,2-3,10-12,15-17H2,1H3,(H,23,25)(H,24,27). The molecule has 1 aliphatic rings. The van der Waals surface area contributed by atoms with E-state index >= 15 is 0 Å². The molecule has 0 saturated carbocycles. The summed E-state index contributed by atoms with van der Waals surface area (Å²) in [5, 5.41) is 2.91.